The molecule has 0 bridgehead atoms. The Morgan fingerprint density at radius 2 is 1.58 bits per heavy atom. The Kier molecular flexibility index (Phi) is 5.40. The van der Waals surface area contributed by atoms with E-state index in [1.54, 1.807) is 4.90 Å². The fraction of sp³-hybridized carbons (Fsp3) is 0.636. The van der Waals surface area contributed by atoms with E-state index >= 15 is 0 Å². The first-order valence-electron chi connectivity index (χ1n) is 9.97. The summed E-state index contributed by atoms with van der Waals surface area (Å²) in [6, 6.07) is 7.60. The van der Waals surface area contributed by atoms with Gasteiger partial charge in [-0.2, -0.15) is 0 Å². The Hall–Kier alpha value is -1.84. The Morgan fingerprint density at radius 1 is 0.962 bits per heavy atom. The van der Waals surface area contributed by atoms with E-state index in [1.165, 1.54) is 5.56 Å². The standard InChI is InChI=1S/C22H32N2O2/c1-16-11-14-23(15-12-16)21(26)19-6-5-13-24(19)20(25)17-7-9-18(10-8-17)22(2,3)4/h7-10,16,19H,5-6,11-15H2,1-4H3/t19-/m0/s1. The maximum absolute atomic E-state index is 13.0. The minimum atomic E-state index is -0.279. The van der Waals surface area contributed by atoms with Crippen LogP contribution >= 0.6 is 0 Å². The lowest BCUT2D eigenvalue weighted by Crippen LogP contribution is -2.49. The number of likely N-dealkylation sites (tertiary alicyclic amines) is 2. The predicted molar refractivity (Wildman–Crippen MR) is 104 cm³/mol. The minimum absolute atomic E-state index is 0.00770. The van der Waals surface area contributed by atoms with Crippen LogP contribution in [0.4, 0.5) is 0 Å². The molecule has 3 rings (SSSR count). The number of rotatable bonds is 2. The van der Waals surface area contributed by atoms with Gasteiger partial charge in [-0.3, -0.25) is 9.59 Å². The highest BCUT2D eigenvalue weighted by Crippen LogP contribution is 2.26. The molecule has 142 valence electrons. The second-order valence-corrected chi connectivity index (χ2v) is 8.99. The second-order valence-electron chi connectivity index (χ2n) is 8.99. The van der Waals surface area contributed by atoms with Crippen LogP contribution < -0.4 is 0 Å². The van der Waals surface area contributed by atoms with E-state index in [2.05, 4.69) is 27.7 Å². The lowest BCUT2D eigenvalue weighted by Gasteiger charge is -2.34. The van der Waals surface area contributed by atoms with Gasteiger partial charge in [0.1, 0.15) is 6.04 Å². The van der Waals surface area contributed by atoms with Crippen LogP contribution in [-0.2, 0) is 10.2 Å². The fourth-order valence-electron chi connectivity index (χ4n) is 3.98. The Balaban J connectivity index is 1.71. The highest BCUT2D eigenvalue weighted by molar-refractivity contribution is 5.98. The van der Waals surface area contributed by atoms with Crippen LogP contribution in [0, 0.1) is 5.92 Å². The number of hydrogen-bond acceptors (Lipinski definition) is 2. The summed E-state index contributed by atoms with van der Waals surface area (Å²) < 4.78 is 0. The van der Waals surface area contributed by atoms with Crippen molar-refractivity contribution >= 4 is 11.8 Å². The summed E-state index contributed by atoms with van der Waals surface area (Å²) in [6.07, 6.45) is 3.84. The van der Waals surface area contributed by atoms with Crippen LogP contribution in [0.3, 0.4) is 0 Å². The molecule has 2 amide bonds. The van der Waals surface area contributed by atoms with Crippen molar-refractivity contribution in [2.24, 2.45) is 5.92 Å². The van der Waals surface area contributed by atoms with Crippen LogP contribution in [0.5, 0.6) is 0 Å². The summed E-state index contributed by atoms with van der Waals surface area (Å²) >= 11 is 0. The van der Waals surface area contributed by atoms with Gasteiger partial charge in [0.25, 0.3) is 5.91 Å². The molecule has 4 nitrogen and oxygen atoms in total. The smallest absolute Gasteiger partial charge is 0.254 e. The van der Waals surface area contributed by atoms with Crippen LogP contribution in [-0.4, -0.2) is 47.3 Å². The van der Waals surface area contributed by atoms with Crippen LogP contribution in [0.15, 0.2) is 24.3 Å². The highest BCUT2D eigenvalue weighted by atomic mass is 16.2. The minimum Gasteiger partial charge on any atom is -0.341 e. The van der Waals surface area contributed by atoms with Crippen LogP contribution in [0.1, 0.15) is 69.3 Å². The number of piperidine rings is 1. The monoisotopic (exact) mass is 356 g/mol. The van der Waals surface area contributed by atoms with Crippen molar-refractivity contribution in [1.29, 1.82) is 0 Å². The molecular weight excluding hydrogens is 324 g/mol. The van der Waals surface area contributed by atoms with Gasteiger partial charge in [0.2, 0.25) is 5.91 Å². The van der Waals surface area contributed by atoms with Crippen molar-refractivity contribution in [2.75, 3.05) is 19.6 Å². The van der Waals surface area contributed by atoms with E-state index in [0.29, 0.717) is 18.0 Å². The number of nitrogens with zero attached hydrogens (tertiary/aromatic N) is 2. The van der Waals surface area contributed by atoms with Crippen molar-refractivity contribution in [2.45, 2.75) is 64.8 Å². The zero-order valence-corrected chi connectivity index (χ0v) is 16.6. The number of amides is 2. The molecule has 0 spiro atoms. The molecule has 4 heteroatoms. The molecule has 1 atom stereocenters. The van der Waals surface area contributed by atoms with Crippen LogP contribution in [0.25, 0.3) is 0 Å². The first-order chi connectivity index (χ1) is 12.3. The Bertz CT molecular complexity index is 652. The van der Waals surface area contributed by atoms with Gasteiger partial charge in [-0.15, -0.1) is 0 Å². The van der Waals surface area contributed by atoms with Gasteiger partial charge >= 0.3 is 0 Å². The third kappa shape index (κ3) is 3.94. The molecule has 0 unspecified atom stereocenters. The van der Waals surface area contributed by atoms with Gasteiger partial charge in [0, 0.05) is 25.2 Å². The summed E-state index contributed by atoms with van der Waals surface area (Å²) in [6.45, 7) is 11.1. The third-order valence-corrected chi connectivity index (χ3v) is 5.89. The molecule has 0 radical (unpaired) electrons. The molecule has 2 aliphatic rings. The van der Waals surface area contributed by atoms with E-state index in [1.807, 2.05) is 29.2 Å². The molecule has 0 aromatic heterocycles. The molecule has 2 aliphatic heterocycles. The summed E-state index contributed by atoms with van der Waals surface area (Å²) in [5, 5.41) is 0. The van der Waals surface area contributed by atoms with Crippen molar-refractivity contribution in [3.63, 3.8) is 0 Å². The first kappa shape index (κ1) is 18.9. The first-order valence-corrected chi connectivity index (χ1v) is 9.97. The summed E-state index contributed by atoms with van der Waals surface area (Å²) in [7, 11) is 0. The number of carbonyl (C=O) groups excluding carboxylic acids is 2. The van der Waals surface area contributed by atoms with Crippen molar-refractivity contribution < 1.29 is 9.59 Å². The summed E-state index contributed by atoms with van der Waals surface area (Å²) in [5.41, 5.74) is 1.97. The number of benzene rings is 1. The normalized spacial score (nSPS) is 21.9. The zero-order chi connectivity index (χ0) is 18.9. The maximum atomic E-state index is 13.0. The summed E-state index contributed by atoms with van der Waals surface area (Å²) in [5.74, 6) is 0.836. The van der Waals surface area contributed by atoms with Crippen LogP contribution in [0.2, 0.25) is 0 Å². The third-order valence-electron chi connectivity index (χ3n) is 5.89. The fourth-order valence-corrected chi connectivity index (χ4v) is 3.98. The molecule has 0 saturated carbocycles. The summed E-state index contributed by atoms with van der Waals surface area (Å²) in [4.78, 5) is 29.8. The SMILES string of the molecule is CC1CCN(C(=O)[C@@H]2CCCN2C(=O)c2ccc(C(C)(C)C)cc2)CC1. The van der Waals surface area contributed by atoms with Gasteiger partial charge in [0.05, 0.1) is 0 Å². The number of carbonyl (C=O) groups is 2. The van der Waals surface area contributed by atoms with Gasteiger partial charge in [-0.05, 0) is 54.7 Å². The van der Waals surface area contributed by atoms with Gasteiger partial charge in [-0.1, -0.05) is 39.8 Å². The molecule has 1 aromatic carbocycles. The van der Waals surface area contributed by atoms with E-state index in [-0.39, 0.29) is 23.3 Å². The Labute approximate surface area is 157 Å². The quantitative estimate of drug-likeness (QED) is 0.808. The molecular formula is C22H32N2O2. The van der Waals surface area contributed by atoms with E-state index in [4.69, 9.17) is 0 Å². The molecule has 0 aliphatic carbocycles. The average Bonchev–Trinajstić information content (AvgIpc) is 3.10. The molecule has 0 N–H and O–H groups in total. The highest BCUT2D eigenvalue weighted by Gasteiger charge is 2.37. The lowest BCUT2D eigenvalue weighted by atomic mass is 9.86. The molecule has 2 fully saturated rings. The zero-order valence-electron chi connectivity index (χ0n) is 16.6. The molecule has 26 heavy (non-hydrogen) atoms. The molecule has 2 saturated heterocycles. The second kappa shape index (κ2) is 7.42. The number of hydrogen-bond donors (Lipinski definition) is 0. The van der Waals surface area contributed by atoms with Gasteiger partial charge in [-0.25, -0.2) is 0 Å². The van der Waals surface area contributed by atoms with E-state index in [9.17, 15) is 9.59 Å². The van der Waals surface area contributed by atoms with Crippen molar-refractivity contribution in [3.05, 3.63) is 35.4 Å². The molecule has 2 heterocycles. The maximum Gasteiger partial charge on any atom is 0.254 e. The van der Waals surface area contributed by atoms with Crippen molar-refractivity contribution in [1.82, 2.24) is 9.80 Å². The topological polar surface area (TPSA) is 40.6 Å². The average molecular weight is 357 g/mol. The van der Waals surface area contributed by atoms with E-state index < -0.39 is 0 Å². The lowest BCUT2D eigenvalue weighted by molar-refractivity contribution is -0.136. The predicted octanol–water partition coefficient (Wildman–Crippen LogP) is 3.85. The van der Waals surface area contributed by atoms with E-state index in [0.717, 1.165) is 38.8 Å². The largest absolute Gasteiger partial charge is 0.341 e. The molecule has 1 aromatic rings. The Morgan fingerprint density at radius 3 is 2.15 bits per heavy atom. The van der Waals surface area contributed by atoms with Crippen molar-refractivity contribution in [3.8, 4) is 0 Å². The van der Waals surface area contributed by atoms with Gasteiger partial charge in [0.15, 0.2) is 0 Å². The van der Waals surface area contributed by atoms with Gasteiger partial charge < -0.3 is 9.80 Å².